The van der Waals surface area contributed by atoms with Crippen LogP contribution in [0.25, 0.3) is 0 Å². The predicted octanol–water partition coefficient (Wildman–Crippen LogP) is 1.74. The zero-order valence-corrected chi connectivity index (χ0v) is 15.8. The minimum atomic E-state index is -0.673. The van der Waals surface area contributed by atoms with E-state index in [2.05, 4.69) is 10.6 Å². The standard InChI is InChI=1S/C17H24N4O6/c1-5-20(6-2)10(3)18-17(23)12-9-13(21(24)25)14(19-11(4)22)16-15(12)26-7-8-27-16/h9-10H,5-8H2,1-4H3,(H,18,23)(H,19,22). The van der Waals surface area contributed by atoms with Crippen LogP contribution in [0.5, 0.6) is 11.5 Å². The molecule has 10 heteroatoms. The fourth-order valence-corrected chi connectivity index (χ4v) is 2.93. The molecule has 0 saturated carbocycles. The third kappa shape index (κ3) is 4.45. The number of hydrogen-bond donors (Lipinski definition) is 2. The first-order valence-corrected chi connectivity index (χ1v) is 8.73. The Morgan fingerprint density at radius 2 is 1.85 bits per heavy atom. The maximum atomic E-state index is 12.8. The Kier molecular flexibility index (Phi) is 6.56. The maximum absolute atomic E-state index is 12.8. The number of anilines is 1. The van der Waals surface area contributed by atoms with Crippen LogP contribution in [0.15, 0.2) is 6.07 Å². The Morgan fingerprint density at radius 1 is 1.26 bits per heavy atom. The van der Waals surface area contributed by atoms with E-state index in [4.69, 9.17) is 9.47 Å². The van der Waals surface area contributed by atoms with Gasteiger partial charge in [0.2, 0.25) is 5.91 Å². The van der Waals surface area contributed by atoms with Crippen LogP contribution in [-0.2, 0) is 4.79 Å². The molecule has 0 aromatic heterocycles. The number of benzene rings is 1. The van der Waals surface area contributed by atoms with E-state index < -0.39 is 22.4 Å². The Balaban J connectivity index is 2.50. The van der Waals surface area contributed by atoms with Crippen LogP contribution < -0.4 is 20.1 Å². The number of carbonyl (C=O) groups is 2. The van der Waals surface area contributed by atoms with Gasteiger partial charge in [0.1, 0.15) is 13.2 Å². The molecule has 0 radical (unpaired) electrons. The van der Waals surface area contributed by atoms with Crippen molar-refractivity contribution in [2.24, 2.45) is 0 Å². The molecular weight excluding hydrogens is 356 g/mol. The van der Waals surface area contributed by atoms with E-state index in [1.54, 1.807) is 0 Å². The minimum Gasteiger partial charge on any atom is -0.485 e. The molecule has 148 valence electrons. The fourth-order valence-electron chi connectivity index (χ4n) is 2.93. The molecule has 2 rings (SSSR count). The number of nitro benzene ring substituents is 1. The number of rotatable bonds is 7. The molecule has 1 aliphatic rings. The lowest BCUT2D eigenvalue weighted by Crippen LogP contribution is -2.46. The first-order valence-electron chi connectivity index (χ1n) is 8.73. The van der Waals surface area contributed by atoms with E-state index in [9.17, 15) is 19.7 Å². The van der Waals surface area contributed by atoms with Crippen molar-refractivity contribution in [2.75, 3.05) is 31.6 Å². The highest BCUT2D eigenvalue weighted by molar-refractivity contribution is 6.03. The highest BCUT2D eigenvalue weighted by atomic mass is 16.6. The van der Waals surface area contributed by atoms with Gasteiger partial charge in [-0.15, -0.1) is 0 Å². The van der Waals surface area contributed by atoms with Gasteiger partial charge >= 0.3 is 0 Å². The summed E-state index contributed by atoms with van der Waals surface area (Å²) in [5.74, 6) is -0.943. The van der Waals surface area contributed by atoms with Crippen molar-refractivity contribution in [3.63, 3.8) is 0 Å². The Labute approximate surface area is 157 Å². The molecule has 0 saturated heterocycles. The van der Waals surface area contributed by atoms with Crippen LogP contribution in [0.3, 0.4) is 0 Å². The number of fused-ring (bicyclic) bond motifs is 1. The minimum absolute atomic E-state index is 0.00806. The van der Waals surface area contributed by atoms with E-state index >= 15 is 0 Å². The second-order valence-electron chi connectivity index (χ2n) is 5.98. The molecular formula is C17H24N4O6. The van der Waals surface area contributed by atoms with Gasteiger partial charge in [-0.05, 0) is 20.0 Å². The summed E-state index contributed by atoms with van der Waals surface area (Å²) in [6, 6.07) is 1.10. The Bertz CT molecular complexity index is 747. The second kappa shape index (κ2) is 8.67. The van der Waals surface area contributed by atoms with Gasteiger partial charge < -0.3 is 20.1 Å². The molecule has 0 spiro atoms. The van der Waals surface area contributed by atoms with Crippen molar-refractivity contribution >= 4 is 23.2 Å². The Hall–Kier alpha value is -2.88. The zero-order chi connectivity index (χ0) is 20.1. The molecule has 27 heavy (non-hydrogen) atoms. The molecule has 1 aliphatic heterocycles. The summed E-state index contributed by atoms with van der Waals surface area (Å²) < 4.78 is 11.1. The number of nitrogens with zero attached hydrogens (tertiary/aromatic N) is 2. The Morgan fingerprint density at radius 3 is 2.37 bits per heavy atom. The number of nitrogens with one attached hydrogen (secondary N) is 2. The largest absolute Gasteiger partial charge is 0.485 e. The van der Waals surface area contributed by atoms with Gasteiger partial charge in [-0.25, -0.2) is 0 Å². The van der Waals surface area contributed by atoms with Gasteiger partial charge in [-0.1, -0.05) is 13.8 Å². The summed E-state index contributed by atoms with van der Waals surface area (Å²) in [6.45, 7) is 8.81. The van der Waals surface area contributed by atoms with Gasteiger partial charge in [0.25, 0.3) is 11.6 Å². The van der Waals surface area contributed by atoms with Crippen LogP contribution in [0.1, 0.15) is 38.1 Å². The number of carbonyl (C=O) groups excluding carboxylic acids is 2. The molecule has 10 nitrogen and oxygen atoms in total. The molecule has 0 aliphatic carbocycles. The molecule has 0 bridgehead atoms. The number of ether oxygens (including phenoxy) is 2. The summed E-state index contributed by atoms with van der Waals surface area (Å²) in [5, 5.41) is 16.7. The zero-order valence-electron chi connectivity index (χ0n) is 15.8. The van der Waals surface area contributed by atoms with Crippen LogP contribution in [0, 0.1) is 10.1 Å². The van der Waals surface area contributed by atoms with Crippen LogP contribution in [-0.4, -0.2) is 54.1 Å². The lowest BCUT2D eigenvalue weighted by molar-refractivity contribution is -0.384. The molecule has 1 heterocycles. The van der Waals surface area contributed by atoms with E-state index in [1.807, 2.05) is 25.7 Å². The van der Waals surface area contributed by atoms with Gasteiger partial charge in [0.05, 0.1) is 16.7 Å². The summed E-state index contributed by atoms with van der Waals surface area (Å²) in [4.78, 5) is 37.1. The summed E-state index contributed by atoms with van der Waals surface area (Å²) in [6.07, 6.45) is -0.276. The number of amides is 2. The van der Waals surface area contributed by atoms with Crippen molar-refractivity contribution in [1.29, 1.82) is 0 Å². The van der Waals surface area contributed by atoms with Gasteiger partial charge in [-0.2, -0.15) is 0 Å². The maximum Gasteiger partial charge on any atom is 0.297 e. The smallest absolute Gasteiger partial charge is 0.297 e. The van der Waals surface area contributed by atoms with Crippen molar-refractivity contribution in [3.05, 3.63) is 21.7 Å². The highest BCUT2D eigenvalue weighted by Crippen LogP contribution is 2.46. The normalized spacial score (nSPS) is 13.8. The van der Waals surface area contributed by atoms with E-state index in [0.29, 0.717) is 0 Å². The SMILES string of the molecule is CCN(CC)C(C)NC(=O)c1cc([N+](=O)[O-])c(NC(C)=O)c2c1OCCO2. The van der Waals surface area contributed by atoms with Gasteiger partial charge in [0, 0.05) is 13.0 Å². The number of nitro groups is 1. The van der Waals surface area contributed by atoms with Gasteiger partial charge in [-0.3, -0.25) is 24.6 Å². The first kappa shape index (κ1) is 20.4. The average molecular weight is 380 g/mol. The molecule has 1 atom stereocenters. The van der Waals surface area contributed by atoms with Crippen molar-refractivity contribution in [3.8, 4) is 11.5 Å². The predicted molar refractivity (Wildman–Crippen MR) is 98.2 cm³/mol. The molecule has 2 amide bonds. The molecule has 1 aromatic rings. The van der Waals surface area contributed by atoms with Crippen LogP contribution in [0.2, 0.25) is 0 Å². The second-order valence-corrected chi connectivity index (χ2v) is 5.98. The van der Waals surface area contributed by atoms with Crippen LogP contribution in [0.4, 0.5) is 11.4 Å². The summed E-state index contributed by atoms with van der Waals surface area (Å²) in [5.41, 5.74) is -0.560. The quantitative estimate of drug-likeness (QED) is 0.419. The summed E-state index contributed by atoms with van der Waals surface area (Å²) in [7, 11) is 0. The first-order chi connectivity index (χ1) is 12.8. The van der Waals surface area contributed by atoms with E-state index in [-0.39, 0.29) is 42.1 Å². The lowest BCUT2D eigenvalue weighted by Gasteiger charge is -2.28. The van der Waals surface area contributed by atoms with E-state index in [0.717, 1.165) is 19.2 Å². The molecule has 1 unspecified atom stereocenters. The van der Waals surface area contributed by atoms with Crippen molar-refractivity contribution in [1.82, 2.24) is 10.2 Å². The molecule has 0 fully saturated rings. The van der Waals surface area contributed by atoms with Gasteiger partial charge in [0.15, 0.2) is 17.2 Å². The number of hydrogen-bond acceptors (Lipinski definition) is 7. The average Bonchev–Trinajstić information content (AvgIpc) is 2.62. The third-order valence-corrected chi connectivity index (χ3v) is 4.23. The fraction of sp³-hybridized carbons (Fsp3) is 0.529. The molecule has 2 N–H and O–H groups in total. The highest BCUT2D eigenvalue weighted by Gasteiger charge is 2.32. The third-order valence-electron chi connectivity index (χ3n) is 4.23. The van der Waals surface area contributed by atoms with Crippen molar-refractivity contribution < 1.29 is 24.0 Å². The molecule has 1 aromatic carbocycles. The topological polar surface area (TPSA) is 123 Å². The lowest BCUT2D eigenvalue weighted by atomic mass is 10.1. The summed E-state index contributed by atoms with van der Waals surface area (Å²) >= 11 is 0. The van der Waals surface area contributed by atoms with E-state index in [1.165, 1.54) is 6.92 Å². The van der Waals surface area contributed by atoms with Crippen LogP contribution >= 0.6 is 0 Å². The monoisotopic (exact) mass is 380 g/mol. The van der Waals surface area contributed by atoms with Crippen molar-refractivity contribution in [2.45, 2.75) is 33.9 Å².